The SMILES string of the molecule is CC(CCCC(C)(C)C)CCC1(CCC(C)CCCC(C)(C)C)CCCCC1. The van der Waals surface area contributed by atoms with Gasteiger partial charge in [0.25, 0.3) is 0 Å². The maximum absolute atomic E-state index is 2.52. The quantitative estimate of drug-likeness (QED) is 0.310. The lowest BCUT2D eigenvalue weighted by Gasteiger charge is -2.39. The Kier molecular flexibility index (Phi) is 11.2. The summed E-state index contributed by atoms with van der Waals surface area (Å²) in [5, 5.41) is 0. The molecule has 168 valence electrons. The highest BCUT2D eigenvalue weighted by atomic mass is 14.4. The molecule has 0 nitrogen and oxygen atoms in total. The van der Waals surface area contributed by atoms with Crippen LogP contribution in [0.15, 0.2) is 0 Å². The largest absolute Gasteiger partial charge is 0.0625 e. The molecule has 1 aliphatic rings. The fourth-order valence-electron chi connectivity index (χ4n) is 5.28. The lowest BCUT2D eigenvalue weighted by atomic mass is 9.66. The molecule has 0 amide bonds. The van der Waals surface area contributed by atoms with Gasteiger partial charge in [0, 0.05) is 0 Å². The lowest BCUT2D eigenvalue weighted by molar-refractivity contribution is 0.131. The van der Waals surface area contributed by atoms with Crippen LogP contribution < -0.4 is 0 Å². The highest BCUT2D eigenvalue weighted by Gasteiger charge is 2.32. The van der Waals surface area contributed by atoms with E-state index in [9.17, 15) is 0 Å². The fraction of sp³-hybridized carbons (Fsp3) is 1.00. The molecule has 28 heavy (non-hydrogen) atoms. The topological polar surface area (TPSA) is 0 Å². The summed E-state index contributed by atoms with van der Waals surface area (Å²) in [6.07, 6.45) is 22.0. The third-order valence-corrected chi connectivity index (χ3v) is 7.50. The van der Waals surface area contributed by atoms with E-state index in [1.54, 1.807) is 0 Å². The van der Waals surface area contributed by atoms with Crippen LogP contribution in [0.4, 0.5) is 0 Å². The maximum Gasteiger partial charge on any atom is -0.0297 e. The van der Waals surface area contributed by atoms with Crippen LogP contribution in [-0.4, -0.2) is 0 Å². The van der Waals surface area contributed by atoms with E-state index in [4.69, 9.17) is 0 Å². The van der Waals surface area contributed by atoms with Crippen molar-refractivity contribution in [2.75, 3.05) is 0 Å². The summed E-state index contributed by atoms with van der Waals surface area (Å²) >= 11 is 0. The molecule has 0 aromatic carbocycles. The van der Waals surface area contributed by atoms with Gasteiger partial charge in [0.1, 0.15) is 0 Å². The second-order valence-corrected chi connectivity index (χ2v) is 13.3. The van der Waals surface area contributed by atoms with Crippen molar-refractivity contribution in [1.29, 1.82) is 0 Å². The zero-order chi connectivity index (χ0) is 21.3. The average molecular weight is 393 g/mol. The highest BCUT2D eigenvalue weighted by molar-refractivity contribution is 4.84. The van der Waals surface area contributed by atoms with Crippen LogP contribution >= 0.6 is 0 Å². The van der Waals surface area contributed by atoms with Gasteiger partial charge in [0.15, 0.2) is 0 Å². The molecule has 0 N–H and O–H groups in total. The van der Waals surface area contributed by atoms with Crippen molar-refractivity contribution in [3.05, 3.63) is 0 Å². The van der Waals surface area contributed by atoms with Crippen LogP contribution in [0.2, 0.25) is 0 Å². The zero-order valence-corrected chi connectivity index (χ0v) is 21.3. The Hall–Kier alpha value is 0. The van der Waals surface area contributed by atoms with E-state index in [0.717, 1.165) is 11.8 Å². The normalized spacial score (nSPS) is 20.1. The van der Waals surface area contributed by atoms with E-state index in [1.165, 1.54) is 96.3 Å². The van der Waals surface area contributed by atoms with Gasteiger partial charge in [0.05, 0.1) is 0 Å². The molecular weight excluding hydrogens is 336 g/mol. The van der Waals surface area contributed by atoms with Crippen LogP contribution in [0.25, 0.3) is 0 Å². The van der Waals surface area contributed by atoms with Crippen molar-refractivity contribution >= 4 is 0 Å². The molecule has 1 fully saturated rings. The first-order valence-corrected chi connectivity index (χ1v) is 12.9. The molecule has 1 aliphatic carbocycles. The van der Waals surface area contributed by atoms with Gasteiger partial charge in [-0.1, -0.05) is 113 Å². The Balaban J connectivity index is 2.39. The molecule has 2 unspecified atom stereocenters. The second kappa shape index (κ2) is 12.0. The maximum atomic E-state index is 2.52. The summed E-state index contributed by atoms with van der Waals surface area (Å²) in [7, 11) is 0. The molecule has 0 aliphatic heterocycles. The van der Waals surface area contributed by atoms with Gasteiger partial charge in [-0.05, 0) is 66.6 Å². The molecule has 0 aromatic heterocycles. The number of rotatable bonds is 12. The molecule has 0 radical (unpaired) electrons. The highest BCUT2D eigenvalue weighted by Crippen LogP contribution is 2.46. The Morgan fingerprint density at radius 2 is 1.00 bits per heavy atom. The van der Waals surface area contributed by atoms with Gasteiger partial charge in [-0.25, -0.2) is 0 Å². The van der Waals surface area contributed by atoms with Gasteiger partial charge in [0.2, 0.25) is 0 Å². The van der Waals surface area contributed by atoms with E-state index in [0.29, 0.717) is 16.2 Å². The van der Waals surface area contributed by atoms with E-state index < -0.39 is 0 Å². The standard InChI is InChI=1S/C28H56/c1-24(14-12-18-26(3,4)5)16-22-28(20-10-9-11-21-28)23-17-25(2)15-13-19-27(6,7)8/h24-25H,9-23H2,1-8H3. The summed E-state index contributed by atoms with van der Waals surface area (Å²) in [5.74, 6) is 1.84. The first kappa shape index (κ1) is 26.0. The Morgan fingerprint density at radius 1 is 0.607 bits per heavy atom. The van der Waals surface area contributed by atoms with Gasteiger partial charge in [-0.3, -0.25) is 0 Å². The average Bonchev–Trinajstić information content (AvgIpc) is 2.57. The molecule has 1 saturated carbocycles. The van der Waals surface area contributed by atoms with E-state index in [-0.39, 0.29) is 0 Å². The molecular formula is C28H56. The molecule has 0 heteroatoms. The Morgan fingerprint density at radius 3 is 1.36 bits per heavy atom. The van der Waals surface area contributed by atoms with Gasteiger partial charge >= 0.3 is 0 Å². The predicted molar refractivity (Wildman–Crippen MR) is 129 cm³/mol. The second-order valence-electron chi connectivity index (χ2n) is 13.3. The van der Waals surface area contributed by atoms with E-state index >= 15 is 0 Å². The van der Waals surface area contributed by atoms with Crippen LogP contribution in [0.3, 0.4) is 0 Å². The van der Waals surface area contributed by atoms with Gasteiger partial charge in [-0.15, -0.1) is 0 Å². The van der Waals surface area contributed by atoms with E-state index in [2.05, 4.69) is 55.4 Å². The van der Waals surface area contributed by atoms with Crippen molar-refractivity contribution in [3.63, 3.8) is 0 Å². The van der Waals surface area contributed by atoms with Crippen molar-refractivity contribution < 1.29 is 0 Å². The van der Waals surface area contributed by atoms with Gasteiger partial charge < -0.3 is 0 Å². The molecule has 0 saturated heterocycles. The van der Waals surface area contributed by atoms with Crippen LogP contribution in [0, 0.1) is 28.1 Å². The lowest BCUT2D eigenvalue weighted by Crippen LogP contribution is -2.25. The van der Waals surface area contributed by atoms with Crippen LogP contribution in [-0.2, 0) is 0 Å². The number of hydrogen-bond acceptors (Lipinski definition) is 0. The van der Waals surface area contributed by atoms with Crippen LogP contribution in [0.5, 0.6) is 0 Å². The number of hydrogen-bond donors (Lipinski definition) is 0. The summed E-state index contributed by atoms with van der Waals surface area (Å²) in [6.45, 7) is 19.4. The van der Waals surface area contributed by atoms with E-state index in [1.807, 2.05) is 0 Å². The minimum atomic E-state index is 0.507. The molecule has 0 aromatic rings. The third kappa shape index (κ3) is 12.5. The molecule has 1 rings (SSSR count). The Bertz CT molecular complexity index is 353. The molecule has 0 bridgehead atoms. The van der Waals surface area contributed by atoms with Crippen molar-refractivity contribution in [2.45, 2.75) is 152 Å². The minimum Gasteiger partial charge on any atom is -0.0625 e. The summed E-state index contributed by atoms with van der Waals surface area (Å²) in [5.41, 5.74) is 1.72. The third-order valence-electron chi connectivity index (χ3n) is 7.50. The van der Waals surface area contributed by atoms with Crippen molar-refractivity contribution in [1.82, 2.24) is 0 Å². The van der Waals surface area contributed by atoms with Gasteiger partial charge in [-0.2, -0.15) is 0 Å². The van der Waals surface area contributed by atoms with Crippen LogP contribution in [0.1, 0.15) is 152 Å². The molecule has 0 heterocycles. The first-order chi connectivity index (χ1) is 12.9. The Labute approximate surface area is 180 Å². The molecule has 0 spiro atoms. The first-order valence-electron chi connectivity index (χ1n) is 12.9. The summed E-state index contributed by atoms with van der Waals surface area (Å²) in [4.78, 5) is 0. The summed E-state index contributed by atoms with van der Waals surface area (Å²) in [6, 6.07) is 0. The van der Waals surface area contributed by atoms with Crippen molar-refractivity contribution in [2.24, 2.45) is 28.1 Å². The summed E-state index contributed by atoms with van der Waals surface area (Å²) < 4.78 is 0. The monoisotopic (exact) mass is 392 g/mol. The molecule has 2 atom stereocenters. The van der Waals surface area contributed by atoms with Crippen molar-refractivity contribution in [3.8, 4) is 0 Å². The fourth-order valence-corrected chi connectivity index (χ4v) is 5.28. The minimum absolute atomic E-state index is 0.507. The smallest absolute Gasteiger partial charge is 0.0297 e. The predicted octanol–water partition coefficient (Wildman–Crippen LogP) is 10.2. The zero-order valence-electron chi connectivity index (χ0n) is 21.3.